The van der Waals surface area contributed by atoms with Crippen molar-refractivity contribution in [2.24, 2.45) is 5.10 Å². The maximum Gasteiger partial charge on any atom is 0.269 e. The van der Waals surface area contributed by atoms with Gasteiger partial charge in [0, 0.05) is 30.1 Å². The van der Waals surface area contributed by atoms with Gasteiger partial charge >= 0.3 is 0 Å². The van der Waals surface area contributed by atoms with Crippen LogP contribution in [0, 0.1) is 10.1 Å². The van der Waals surface area contributed by atoms with Crippen molar-refractivity contribution in [2.75, 3.05) is 5.43 Å². The number of non-ortho nitro benzene ring substituents is 1. The van der Waals surface area contributed by atoms with Crippen LogP contribution in [0.25, 0.3) is 0 Å². The van der Waals surface area contributed by atoms with E-state index in [9.17, 15) is 10.1 Å². The Balaban J connectivity index is 1.98. The third-order valence-corrected chi connectivity index (χ3v) is 2.17. The lowest BCUT2D eigenvalue weighted by molar-refractivity contribution is -0.384. The standard InChI is InChI=1S/C12H10N4O2/c17-16(18)12-5-3-11(4-6-12)15-14-9-10-2-1-7-13-8-10/h1-9,15H. The molecular weight excluding hydrogens is 232 g/mol. The van der Waals surface area contributed by atoms with Crippen molar-refractivity contribution < 1.29 is 4.92 Å². The highest BCUT2D eigenvalue weighted by molar-refractivity contribution is 5.79. The fraction of sp³-hybridized carbons (Fsp3) is 0. The molecule has 1 aromatic carbocycles. The Morgan fingerprint density at radius 1 is 1.28 bits per heavy atom. The monoisotopic (exact) mass is 242 g/mol. The number of hydrogen-bond donors (Lipinski definition) is 1. The first-order chi connectivity index (χ1) is 8.75. The molecule has 0 aliphatic rings. The van der Waals surface area contributed by atoms with E-state index >= 15 is 0 Å². The van der Waals surface area contributed by atoms with Crippen LogP contribution in [0.2, 0.25) is 0 Å². The Morgan fingerprint density at radius 3 is 2.67 bits per heavy atom. The Morgan fingerprint density at radius 2 is 2.06 bits per heavy atom. The maximum atomic E-state index is 10.5. The van der Waals surface area contributed by atoms with Crippen LogP contribution in [-0.2, 0) is 0 Å². The van der Waals surface area contributed by atoms with Gasteiger partial charge < -0.3 is 0 Å². The molecule has 0 aliphatic heterocycles. The number of nitro benzene ring substituents is 1. The van der Waals surface area contributed by atoms with Crippen LogP contribution in [0.5, 0.6) is 0 Å². The summed E-state index contributed by atoms with van der Waals surface area (Å²) in [6.07, 6.45) is 4.98. The average molecular weight is 242 g/mol. The van der Waals surface area contributed by atoms with Gasteiger partial charge in [0.1, 0.15) is 0 Å². The predicted molar refractivity (Wildman–Crippen MR) is 68.6 cm³/mol. The van der Waals surface area contributed by atoms with E-state index in [2.05, 4.69) is 15.5 Å². The van der Waals surface area contributed by atoms with Gasteiger partial charge in [-0.25, -0.2) is 0 Å². The van der Waals surface area contributed by atoms with Crippen LogP contribution in [0.4, 0.5) is 11.4 Å². The average Bonchev–Trinajstić information content (AvgIpc) is 2.40. The topological polar surface area (TPSA) is 80.4 Å². The van der Waals surface area contributed by atoms with E-state index in [0.717, 1.165) is 5.56 Å². The summed E-state index contributed by atoms with van der Waals surface area (Å²) in [4.78, 5) is 14.0. The second-order valence-electron chi connectivity index (χ2n) is 3.46. The molecule has 1 heterocycles. The SMILES string of the molecule is O=[N+]([O-])c1ccc(NN=Cc2cccnc2)cc1. The lowest BCUT2D eigenvalue weighted by atomic mass is 10.3. The van der Waals surface area contributed by atoms with Gasteiger partial charge in [-0.15, -0.1) is 0 Å². The number of rotatable bonds is 4. The number of nitrogens with zero attached hydrogens (tertiary/aromatic N) is 3. The van der Waals surface area contributed by atoms with Gasteiger partial charge in [-0.1, -0.05) is 6.07 Å². The van der Waals surface area contributed by atoms with Crippen LogP contribution >= 0.6 is 0 Å². The van der Waals surface area contributed by atoms with Gasteiger partial charge in [0.05, 0.1) is 16.8 Å². The molecule has 0 amide bonds. The zero-order chi connectivity index (χ0) is 12.8. The van der Waals surface area contributed by atoms with Gasteiger partial charge in [-0.2, -0.15) is 5.10 Å². The Labute approximate surface area is 103 Å². The zero-order valence-corrected chi connectivity index (χ0v) is 9.35. The van der Waals surface area contributed by atoms with Gasteiger partial charge in [-0.05, 0) is 18.2 Å². The predicted octanol–water partition coefficient (Wildman–Crippen LogP) is 2.44. The van der Waals surface area contributed by atoms with Crippen molar-refractivity contribution in [3.8, 4) is 0 Å². The largest absolute Gasteiger partial charge is 0.278 e. The first-order valence-corrected chi connectivity index (χ1v) is 5.19. The summed E-state index contributed by atoms with van der Waals surface area (Å²) in [5, 5.41) is 14.5. The van der Waals surface area contributed by atoms with E-state index in [4.69, 9.17) is 0 Å². The number of nitro groups is 1. The number of hydrazone groups is 1. The maximum absolute atomic E-state index is 10.5. The lowest BCUT2D eigenvalue weighted by Gasteiger charge is -1.99. The van der Waals surface area contributed by atoms with Gasteiger partial charge in [0.15, 0.2) is 0 Å². The number of hydrogen-bond acceptors (Lipinski definition) is 5. The number of pyridine rings is 1. The minimum absolute atomic E-state index is 0.0526. The van der Waals surface area contributed by atoms with Crippen molar-refractivity contribution in [1.82, 2.24) is 4.98 Å². The number of nitrogens with one attached hydrogen (secondary N) is 1. The fourth-order valence-corrected chi connectivity index (χ4v) is 1.29. The summed E-state index contributed by atoms with van der Waals surface area (Å²) in [5.41, 5.74) is 4.38. The molecule has 0 aliphatic carbocycles. The number of aromatic nitrogens is 1. The third kappa shape index (κ3) is 3.11. The van der Waals surface area contributed by atoms with Crippen molar-refractivity contribution in [3.63, 3.8) is 0 Å². The second kappa shape index (κ2) is 5.53. The molecule has 1 N–H and O–H groups in total. The van der Waals surface area contributed by atoms with E-state index in [-0.39, 0.29) is 5.69 Å². The molecule has 0 fully saturated rings. The molecule has 0 spiro atoms. The van der Waals surface area contributed by atoms with Crippen LogP contribution in [0.1, 0.15) is 5.56 Å². The smallest absolute Gasteiger partial charge is 0.269 e. The molecule has 6 heteroatoms. The summed E-state index contributed by atoms with van der Waals surface area (Å²) >= 11 is 0. The van der Waals surface area contributed by atoms with Crippen molar-refractivity contribution in [2.45, 2.75) is 0 Å². The van der Waals surface area contributed by atoms with Gasteiger partial charge in [0.2, 0.25) is 0 Å². The van der Waals surface area contributed by atoms with Crippen LogP contribution in [0.15, 0.2) is 53.9 Å². The third-order valence-electron chi connectivity index (χ3n) is 2.17. The lowest BCUT2D eigenvalue weighted by Crippen LogP contribution is -1.92. The molecule has 90 valence electrons. The minimum Gasteiger partial charge on any atom is -0.278 e. The summed E-state index contributed by atoms with van der Waals surface area (Å²) in [7, 11) is 0. The van der Waals surface area contributed by atoms with Crippen LogP contribution in [0.3, 0.4) is 0 Å². The highest BCUT2D eigenvalue weighted by atomic mass is 16.6. The van der Waals surface area contributed by atoms with Crippen LogP contribution < -0.4 is 5.43 Å². The highest BCUT2D eigenvalue weighted by Gasteiger charge is 2.02. The summed E-state index contributed by atoms with van der Waals surface area (Å²) in [6, 6.07) is 9.71. The molecule has 2 aromatic rings. The zero-order valence-electron chi connectivity index (χ0n) is 9.35. The van der Waals surface area contributed by atoms with Gasteiger partial charge in [0.25, 0.3) is 5.69 Å². The van der Waals surface area contributed by atoms with E-state index in [1.807, 2.05) is 12.1 Å². The summed E-state index contributed by atoms with van der Waals surface area (Å²) in [5.74, 6) is 0. The van der Waals surface area contributed by atoms with E-state index in [0.29, 0.717) is 5.69 Å². The molecule has 0 saturated heterocycles. The highest BCUT2D eigenvalue weighted by Crippen LogP contribution is 2.15. The number of benzene rings is 1. The Hall–Kier alpha value is -2.76. The van der Waals surface area contributed by atoms with Crippen molar-refractivity contribution in [3.05, 3.63) is 64.5 Å². The molecule has 6 nitrogen and oxygen atoms in total. The van der Waals surface area contributed by atoms with E-state index < -0.39 is 4.92 Å². The molecule has 0 saturated carbocycles. The molecular formula is C12H10N4O2. The van der Waals surface area contributed by atoms with Gasteiger partial charge in [-0.3, -0.25) is 20.5 Å². The van der Waals surface area contributed by atoms with Crippen molar-refractivity contribution >= 4 is 17.6 Å². The minimum atomic E-state index is -0.442. The molecule has 0 bridgehead atoms. The Kier molecular flexibility index (Phi) is 3.60. The first kappa shape index (κ1) is 11.7. The summed E-state index contributed by atoms with van der Waals surface area (Å²) in [6.45, 7) is 0. The van der Waals surface area contributed by atoms with Crippen molar-refractivity contribution in [1.29, 1.82) is 0 Å². The first-order valence-electron chi connectivity index (χ1n) is 5.19. The second-order valence-corrected chi connectivity index (χ2v) is 3.46. The van der Waals surface area contributed by atoms with Crippen LogP contribution in [-0.4, -0.2) is 16.1 Å². The molecule has 0 atom stereocenters. The Bertz CT molecular complexity index is 552. The molecule has 0 unspecified atom stereocenters. The molecule has 0 radical (unpaired) electrons. The normalized spacial score (nSPS) is 10.4. The van der Waals surface area contributed by atoms with E-state index in [1.165, 1.54) is 12.1 Å². The molecule has 2 rings (SSSR count). The molecule has 1 aromatic heterocycles. The summed E-state index contributed by atoms with van der Waals surface area (Å²) < 4.78 is 0. The fourth-order valence-electron chi connectivity index (χ4n) is 1.29. The quantitative estimate of drug-likeness (QED) is 0.507. The number of anilines is 1. The van der Waals surface area contributed by atoms with E-state index in [1.54, 1.807) is 30.7 Å². The molecule has 18 heavy (non-hydrogen) atoms.